The maximum absolute atomic E-state index is 13.1. The van der Waals surface area contributed by atoms with E-state index in [-0.39, 0.29) is 31.8 Å². The van der Waals surface area contributed by atoms with Crippen LogP contribution in [0.3, 0.4) is 0 Å². The van der Waals surface area contributed by atoms with Crippen molar-refractivity contribution in [3.63, 3.8) is 0 Å². The maximum Gasteiger partial charge on any atom is 0.251 e. The van der Waals surface area contributed by atoms with Crippen molar-refractivity contribution >= 4 is 17.3 Å². The fourth-order valence-electron chi connectivity index (χ4n) is 2.20. The molecule has 0 spiro atoms. The number of carbonyl (C=O) groups is 1. The number of nitrogen functional groups attached to an aromatic ring is 1. The predicted octanol–water partition coefficient (Wildman–Crippen LogP) is 1.86. The molecule has 0 aliphatic carbocycles. The molecule has 19 heavy (non-hydrogen) atoms. The summed E-state index contributed by atoms with van der Waals surface area (Å²) < 4.78 is 26.2. The highest BCUT2D eigenvalue weighted by molar-refractivity contribution is 5.96. The number of nitrogens with one attached hydrogen (secondary N) is 1. The van der Waals surface area contributed by atoms with Gasteiger partial charge in [0, 0.05) is 38.5 Å². The van der Waals surface area contributed by atoms with Gasteiger partial charge in [-0.25, -0.2) is 8.78 Å². The first-order valence-corrected chi connectivity index (χ1v) is 6.17. The first-order valence-electron chi connectivity index (χ1n) is 6.17. The Morgan fingerprint density at radius 3 is 2.53 bits per heavy atom. The van der Waals surface area contributed by atoms with E-state index >= 15 is 0 Å². The molecule has 0 aromatic heterocycles. The highest BCUT2D eigenvalue weighted by atomic mass is 19.3. The Morgan fingerprint density at radius 1 is 1.37 bits per heavy atom. The minimum Gasteiger partial charge on any atom is -0.397 e. The maximum atomic E-state index is 13.1. The second-order valence-electron chi connectivity index (χ2n) is 4.70. The molecule has 1 aromatic carbocycles. The number of alkyl halides is 2. The van der Waals surface area contributed by atoms with Crippen LogP contribution in [-0.2, 0) is 0 Å². The molecule has 3 N–H and O–H groups in total. The molecular formula is C13H17F2N3O. The van der Waals surface area contributed by atoms with Crippen LogP contribution in [0, 0.1) is 0 Å². The van der Waals surface area contributed by atoms with Crippen molar-refractivity contribution in [3.8, 4) is 0 Å². The van der Waals surface area contributed by atoms with Crippen LogP contribution in [0.25, 0.3) is 0 Å². The van der Waals surface area contributed by atoms with E-state index < -0.39 is 5.92 Å². The van der Waals surface area contributed by atoms with Crippen molar-refractivity contribution < 1.29 is 13.6 Å². The van der Waals surface area contributed by atoms with Gasteiger partial charge in [-0.3, -0.25) is 4.79 Å². The summed E-state index contributed by atoms with van der Waals surface area (Å²) >= 11 is 0. The van der Waals surface area contributed by atoms with Crippen LogP contribution >= 0.6 is 0 Å². The van der Waals surface area contributed by atoms with E-state index in [2.05, 4.69) is 5.32 Å². The molecule has 1 aliphatic heterocycles. The van der Waals surface area contributed by atoms with E-state index in [9.17, 15) is 13.6 Å². The lowest BCUT2D eigenvalue weighted by molar-refractivity contribution is -0.0220. The summed E-state index contributed by atoms with van der Waals surface area (Å²) in [5.74, 6) is -2.80. The summed E-state index contributed by atoms with van der Waals surface area (Å²) in [5.41, 5.74) is 7.51. The Morgan fingerprint density at radius 2 is 2.00 bits per heavy atom. The SMILES string of the molecule is CNC(=O)c1ccc(N2CCC(F)(F)CC2)c(N)c1. The Kier molecular flexibility index (Phi) is 3.59. The molecule has 0 bridgehead atoms. The normalized spacial score (nSPS) is 18.2. The molecule has 1 fully saturated rings. The molecule has 1 saturated heterocycles. The van der Waals surface area contributed by atoms with Gasteiger partial charge < -0.3 is 16.0 Å². The summed E-state index contributed by atoms with van der Waals surface area (Å²) in [7, 11) is 1.54. The molecule has 104 valence electrons. The van der Waals surface area contributed by atoms with Crippen molar-refractivity contribution in [2.24, 2.45) is 0 Å². The quantitative estimate of drug-likeness (QED) is 0.806. The minimum atomic E-state index is -2.58. The fourth-order valence-corrected chi connectivity index (χ4v) is 2.20. The smallest absolute Gasteiger partial charge is 0.251 e. The van der Waals surface area contributed by atoms with Crippen LogP contribution in [0.1, 0.15) is 23.2 Å². The zero-order valence-corrected chi connectivity index (χ0v) is 10.7. The van der Waals surface area contributed by atoms with E-state index in [0.717, 1.165) is 0 Å². The van der Waals surface area contributed by atoms with Crippen molar-refractivity contribution in [2.45, 2.75) is 18.8 Å². The minimum absolute atomic E-state index is 0.163. The summed E-state index contributed by atoms with van der Waals surface area (Å²) in [5, 5.41) is 2.51. The highest BCUT2D eigenvalue weighted by Crippen LogP contribution is 2.33. The van der Waals surface area contributed by atoms with Crippen LogP contribution in [0.5, 0.6) is 0 Å². The number of benzene rings is 1. The number of nitrogens with zero attached hydrogens (tertiary/aromatic N) is 1. The van der Waals surface area contributed by atoms with Crippen molar-refractivity contribution in [1.29, 1.82) is 0 Å². The molecule has 0 radical (unpaired) electrons. The Hall–Kier alpha value is -1.85. The van der Waals surface area contributed by atoms with E-state index in [4.69, 9.17) is 5.73 Å². The second-order valence-corrected chi connectivity index (χ2v) is 4.70. The third kappa shape index (κ3) is 2.94. The third-order valence-corrected chi connectivity index (χ3v) is 3.35. The van der Waals surface area contributed by atoms with E-state index in [0.29, 0.717) is 16.9 Å². The number of anilines is 2. The number of nitrogens with two attached hydrogens (primary N) is 1. The van der Waals surface area contributed by atoms with Gasteiger partial charge in [-0.2, -0.15) is 0 Å². The molecule has 0 saturated carbocycles. The number of amides is 1. The van der Waals surface area contributed by atoms with Gasteiger partial charge in [-0.05, 0) is 18.2 Å². The van der Waals surface area contributed by atoms with Crippen molar-refractivity contribution in [2.75, 3.05) is 30.8 Å². The van der Waals surface area contributed by atoms with Crippen LogP contribution in [0.2, 0.25) is 0 Å². The van der Waals surface area contributed by atoms with Gasteiger partial charge in [-0.15, -0.1) is 0 Å². The number of piperidine rings is 1. The van der Waals surface area contributed by atoms with Gasteiger partial charge in [0.05, 0.1) is 11.4 Å². The van der Waals surface area contributed by atoms with E-state index in [1.807, 2.05) is 4.90 Å². The molecule has 1 heterocycles. The number of hydrogen-bond donors (Lipinski definition) is 2. The van der Waals surface area contributed by atoms with E-state index in [1.54, 1.807) is 25.2 Å². The Bertz CT molecular complexity index is 481. The summed E-state index contributed by atoms with van der Waals surface area (Å²) in [4.78, 5) is 13.3. The average molecular weight is 269 g/mol. The van der Waals surface area contributed by atoms with E-state index in [1.165, 1.54) is 0 Å². The fraction of sp³-hybridized carbons (Fsp3) is 0.462. The first-order chi connectivity index (χ1) is 8.93. The van der Waals surface area contributed by atoms with Gasteiger partial charge in [0.1, 0.15) is 0 Å². The zero-order valence-electron chi connectivity index (χ0n) is 10.7. The third-order valence-electron chi connectivity index (χ3n) is 3.35. The van der Waals surface area contributed by atoms with Crippen LogP contribution in [-0.4, -0.2) is 32.0 Å². The van der Waals surface area contributed by atoms with Crippen molar-refractivity contribution in [1.82, 2.24) is 5.32 Å². The molecule has 1 aliphatic rings. The molecule has 4 nitrogen and oxygen atoms in total. The van der Waals surface area contributed by atoms with Crippen molar-refractivity contribution in [3.05, 3.63) is 23.8 Å². The molecule has 2 rings (SSSR count). The lowest BCUT2D eigenvalue weighted by Crippen LogP contribution is -2.39. The monoisotopic (exact) mass is 269 g/mol. The van der Waals surface area contributed by atoms with Gasteiger partial charge in [0.2, 0.25) is 0 Å². The summed E-state index contributed by atoms with van der Waals surface area (Å²) in [6.07, 6.45) is -0.326. The number of rotatable bonds is 2. The standard InChI is InChI=1S/C13H17F2N3O/c1-17-12(19)9-2-3-11(10(16)8-9)18-6-4-13(14,15)5-7-18/h2-3,8H,4-7,16H2,1H3,(H,17,19). The van der Waals surface area contributed by atoms with Gasteiger partial charge in [-0.1, -0.05) is 0 Å². The Balaban J connectivity index is 2.16. The molecule has 6 heteroatoms. The predicted molar refractivity (Wildman–Crippen MR) is 70.6 cm³/mol. The highest BCUT2D eigenvalue weighted by Gasteiger charge is 2.34. The second kappa shape index (κ2) is 5.03. The number of carbonyl (C=O) groups excluding carboxylic acids is 1. The largest absolute Gasteiger partial charge is 0.397 e. The van der Waals surface area contributed by atoms with Gasteiger partial charge in [0.15, 0.2) is 0 Å². The average Bonchev–Trinajstić information content (AvgIpc) is 2.38. The first kappa shape index (κ1) is 13.6. The molecule has 0 unspecified atom stereocenters. The zero-order chi connectivity index (χ0) is 14.0. The lowest BCUT2D eigenvalue weighted by Gasteiger charge is -2.34. The summed E-state index contributed by atoms with van der Waals surface area (Å²) in [6.45, 7) is 0.549. The summed E-state index contributed by atoms with van der Waals surface area (Å²) in [6, 6.07) is 4.93. The van der Waals surface area contributed by atoms with Crippen LogP contribution in [0.4, 0.5) is 20.2 Å². The molecular weight excluding hydrogens is 252 g/mol. The molecule has 1 aromatic rings. The number of halogens is 2. The molecule has 1 amide bonds. The number of hydrogen-bond acceptors (Lipinski definition) is 3. The molecule has 0 atom stereocenters. The lowest BCUT2D eigenvalue weighted by atomic mass is 10.0. The topological polar surface area (TPSA) is 58.4 Å². The Labute approximate surface area is 110 Å². The van der Waals surface area contributed by atoms with Crippen LogP contribution in [0.15, 0.2) is 18.2 Å². The van der Waals surface area contributed by atoms with Gasteiger partial charge >= 0.3 is 0 Å². The van der Waals surface area contributed by atoms with Crippen LogP contribution < -0.4 is 16.0 Å². The van der Waals surface area contributed by atoms with Gasteiger partial charge in [0.25, 0.3) is 11.8 Å².